The van der Waals surface area contributed by atoms with Crippen molar-refractivity contribution in [3.05, 3.63) is 46.4 Å². The normalized spacial score (nSPS) is 13.9. The molecule has 1 N–H and O–H groups in total. The van der Waals surface area contributed by atoms with Crippen LogP contribution in [0.5, 0.6) is 0 Å². The van der Waals surface area contributed by atoms with Gasteiger partial charge in [-0.05, 0) is 31.9 Å². The Morgan fingerprint density at radius 3 is 2.79 bits per heavy atom. The van der Waals surface area contributed by atoms with Gasteiger partial charge in [0.2, 0.25) is 11.0 Å². The lowest BCUT2D eigenvalue weighted by Crippen LogP contribution is -2.16. The third-order valence-electron chi connectivity index (χ3n) is 3.84. The van der Waals surface area contributed by atoms with Gasteiger partial charge in [-0.25, -0.2) is 4.98 Å². The molecule has 1 amide bonds. The lowest BCUT2D eigenvalue weighted by atomic mass is 10.2. The summed E-state index contributed by atoms with van der Waals surface area (Å²) in [6, 6.07) is 9.42. The van der Waals surface area contributed by atoms with Crippen molar-refractivity contribution in [3.8, 4) is 16.4 Å². The summed E-state index contributed by atoms with van der Waals surface area (Å²) < 4.78 is 1.69. The number of amides is 1. The van der Waals surface area contributed by atoms with Crippen LogP contribution in [0.2, 0.25) is 5.02 Å². The molecule has 0 aliphatic heterocycles. The number of aryl methyl sites for hydroxylation is 1. The van der Waals surface area contributed by atoms with Crippen LogP contribution in [0.25, 0.3) is 16.4 Å². The molecule has 1 aliphatic rings. The maximum Gasteiger partial charge on any atom is 0.228 e. The highest BCUT2D eigenvalue weighted by Crippen LogP contribution is 2.31. The fourth-order valence-electron chi connectivity index (χ4n) is 2.42. The summed E-state index contributed by atoms with van der Waals surface area (Å²) in [5.41, 5.74) is 2.69. The van der Waals surface area contributed by atoms with Crippen LogP contribution in [-0.4, -0.2) is 20.7 Å². The zero-order valence-corrected chi connectivity index (χ0v) is 14.6. The minimum Gasteiger partial charge on any atom is -0.310 e. The number of nitrogens with zero attached hydrogens (tertiary/aromatic N) is 3. The van der Waals surface area contributed by atoms with Crippen LogP contribution in [-0.2, 0) is 4.79 Å². The van der Waals surface area contributed by atoms with E-state index in [9.17, 15) is 4.79 Å². The molecule has 1 aliphatic carbocycles. The second-order valence-corrected chi connectivity index (χ2v) is 7.14. The van der Waals surface area contributed by atoms with E-state index in [-0.39, 0.29) is 11.8 Å². The zero-order chi connectivity index (χ0) is 16.7. The number of carbonyl (C=O) groups excluding carboxylic acids is 1. The molecular weight excluding hydrogens is 344 g/mol. The molecule has 5 nitrogen and oxygen atoms in total. The van der Waals surface area contributed by atoms with Crippen LogP contribution in [0, 0.1) is 12.8 Å². The number of hydrogen-bond acceptors (Lipinski definition) is 4. The number of thiazole rings is 1. The molecule has 2 aromatic heterocycles. The Balaban J connectivity index is 1.64. The minimum absolute atomic E-state index is 0.0608. The molecule has 0 spiro atoms. The van der Waals surface area contributed by atoms with Gasteiger partial charge in [0.25, 0.3) is 0 Å². The number of hydrogen-bond donors (Lipinski definition) is 1. The highest BCUT2D eigenvalue weighted by Gasteiger charge is 2.30. The van der Waals surface area contributed by atoms with Crippen molar-refractivity contribution in [1.29, 1.82) is 0 Å². The molecule has 0 radical (unpaired) electrons. The van der Waals surface area contributed by atoms with Crippen molar-refractivity contribution in [3.63, 3.8) is 0 Å². The Bertz CT molecular complexity index is 896. The second kappa shape index (κ2) is 6.03. The van der Waals surface area contributed by atoms with Gasteiger partial charge in [-0.15, -0.1) is 11.3 Å². The molecule has 3 aromatic rings. The van der Waals surface area contributed by atoms with Crippen LogP contribution in [0.15, 0.2) is 35.7 Å². The fraction of sp³-hybridized carbons (Fsp3) is 0.235. The number of nitrogens with one attached hydrogen (secondary N) is 1. The number of carbonyl (C=O) groups is 1. The lowest BCUT2D eigenvalue weighted by molar-refractivity contribution is -0.117. The van der Waals surface area contributed by atoms with E-state index < -0.39 is 0 Å². The summed E-state index contributed by atoms with van der Waals surface area (Å²) in [6.07, 6.45) is 1.94. The van der Waals surface area contributed by atoms with Crippen molar-refractivity contribution in [2.45, 2.75) is 19.8 Å². The molecule has 7 heteroatoms. The summed E-state index contributed by atoms with van der Waals surface area (Å²) in [4.78, 5) is 16.7. The molecule has 0 atom stereocenters. The van der Waals surface area contributed by atoms with Gasteiger partial charge >= 0.3 is 0 Å². The predicted molar refractivity (Wildman–Crippen MR) is 95.8 cm³/mol. The highest BCUT2D eigenvalue weighted by atomic mass is 35.5. The van der Waals surface area contributed by atoms with Crippen molar-refractivity contribution >= 4 is 34.7 Å². The fourth-order valence-corrected chi connectivity index (χ4v) is 3.34. The Labute approximate surface area is 148 Å². The first-order chi connectivity index (χ1) is 11.6. The van der Waals surface area contributed by atoms with E-state index >= 15 is 0 Å². The molecule has 0 saturated heterocycles. The highest BCUT2D eigenvalue weighted by molar-refractivity contribution is 7.12. The molecule has 122 valence electrons. The molecule has 1 aromatic carbocycles. The van der Waals surface area contributed by atoms with Gasteiger partial charge in [0.05, 0.1) is 11.4 Å². The predicted octanol–water partition coefficient (Wildman–Crippen LogP) is 4.31. The van der Waals surface area contributed by atoms with Gasteiger partial charge in [0.15, 0.2) is 0 Å². The largest absolute Gasteiger partial charge is 0.310 e. The first-order valence-corrected chi connectivity index (χ1v) is 8.95. The lowest BCUT2D eigenvalue weighted by Gasteiger charge is -2.05. The first-order valence-electron chi connectivity index (χ1n) is 7.69. The third-order valence-corrected chi connectivity index (χ3v) is 4.91. The minimum atomic E-state index is 0.0608. The topological polar surface area (TPSA) is 59.8 Å². The van der Waals surface area contributed by atoms with Crippen LogP contribution >= 0.6 is 22.9 Å². The average molecular weight is 359 g/mol. The summed E-state index contributed by atoms with van der Waals surface area (Å²) in [7, 11) is 0. The Hall–Kier alpha value is -2.18. The van der Waals surface area contributed by atoms with Crippen LogP contribution in [0.3, 0.4) is 0 Å². The van der Waals surface area contributed by atoms with E-state index in [1.165, 1.54) is 11.3 Å². The molecule has 0 bridgehead atoms. The van der Waals surface area contributed by atoms with E-state index in [0.717, 1.165) is 34.9 Å². The van der Waals surface area contributed by atoms with Gasteiger partial charge < -0.3 is 5.32 Å². The second-order valence-electron chi connectivity index (χ2n) is 5.87. The van der Waals surface area contributed by atoms with Crippen LogP contribution in [0.1, 0.15) is 18.5 Å². The van der Waals surface area contributed by atoms with Gasteiger partial charge in [0, 0.05) is 28.0 Å². The maximum atomic E-state index is 12.0. The molecule has 1 saturated carbocycles. The van der Waals surface area contributed by atoms with E-state index in [1.54, 1.807) is 4.68 Å². The van der Waals surface area contributed by atoms with Crippen molar-refractivity contribution < 1.29 is 4.79 Å². The van der Waals surface area contributed by atoms with E-state index in [2.05, 4.69) is 15.4 Å². The Morgan fingerprint density at radius 1 is 1.33 bits per heavy atom. The van der Waals surface area contributed by atoms with Gasteiger partial charge in [-0.1, -0.05) is 23.7 Å². The van der Waals surface area contributed by atoms with E-state index in [1.807, 2.05) is 42.6 Å². The summed E-state index contributed by atoms with van der Waals surface area (Å²) >= 11 is 7.42. The monoisotopic (exact) mass is 358 g/mol. The molecule has 0 unspecified atom stereocenters. The van der Waals surface area contributed by atoms with Crippen molar-refractivity contribution in [2.75, 3.05) is 5.32 Å². The number of rotatable bonds is 4. The van der Waals surface area contributed by atoms with Crippen LogP contribution in [0.4, 0.5) is 5.82 Å². The summed E-state index contributed by atoms with van der Waals surface area (Å²) in [5, 5.41) is 10.8. The van der Waals surface area contributed by atoms with Crippen molar-refractivity contribution in [2.24, 2.45) is 5.92 Å². The zero-order valence-electron chi connectivity index (χ0n) is 13.0. The van der Waals surface area contributed by atoms with Gasteiger partial charge in [-0.3, -0.25) is 4.79 Å². The van der Waals surface area contributed by atoms with E-state index in [0.29, 0.717) is 10.8 Å². The van der Waals surface area contributed by atoms with Gasteiger partial charge in [0.1, 0.15) is 5.82 Å². The summed E-state index contributed by atoms with van der Waals surface area (Å²) in [6.45, 7) is 1.90. The average Bonchev–Trinajstić information content (AvgIpc) is 3.20. The maximum absolute atomic E-state index is 12.0. The number of aromatic nitrogens is 3. The molecule has 4 rings (SSSR count). The number of benzene rings is 1. The molecule has 24 heavy (non-hydrogen) atoms. The molecule has 1 fully saturated rings. The standard InChI is InChI=1S/C17H15ClN4OS/c1-10-8-15(20-16(23)12-2-3-12)22(21-10)17-19-14(9-24-17)11-4-6-13(18)7-5-11/h4-9,12H,2-3H2,1H3,(H,20,23). The Morgan fingerprint density at radius 2 is 2.08 bits per heavy atom. The van der Waals surface area contributed by atoms with Crippen LogP contribution < -0.4 is 5.32 Å². The van der Waals surface area contributed by atoms with E-state index in [4.69, 9.17) is 11.6 Å². The number of halogens is 1. The molecular formula is C17H15ClN4OS. The smallest absolute Gasteiger partial charge is 0.228 e. The Kier molecular flexibility index (Phi) is 3.86. The van der Waals surface area contributed by atoms with Gasteiger partial charge in [-0.2, -0.15) is 9.78 Å². The number of anilines is 1. The molecule has 2 heterocycles. The third kappa shape index (κ3) is 3.07. The van der Waals surface area contributed by atoms with Crippen molar-refractivity contribution in [1.82, 2.24) is 14.8 Å². The quantitative estimate of drug-likeness (QED) is 0.756. The summed E-state index contributed by atoms with van der Waals surface area (Å²) in [5.74, 6) is 0.876. The first kappa shape index (κ1) is 15.4. The SMILES string of the molecule is Cc1cc(NC(=O)C2CC2)n(-c2nc(-c3ccc(Cl)cc3)cs2)n1.